The molecule has 0 radical (unpaired) electrons. The van der Waals surface area contributed by atoms with Crippen LogP contribution in [-0.4, -0.2) is 22.2 Å². The number of hydrogen-bond donors (Lipinski definition) is 2. The average molecular weight is 206 g/mol. The van der Waals surface area contributed by atoms with Gasteiger partial charge in [-0.3, -0.25) is 0 Å². The van der Waals surface area contributed by atoms with Crippen molar-refractivity contribution < 1.29 is 4.52 Å². The molecule has 1 unspecified atom stereocenters. The molecular weight excluding hydrogens is 192 g/mol. The molecule has 80 valence electrons. The fourth-order valence-corrected chi connectivity index (χ4v) is 1.46. The van der Waals surface area contributed by atoms with Crippen LogP contribution in [0.15, 0.2) is 22.9 Å². The second-order valence-electron chi connectivity index (χ2n) is 3.29. The first-order valence-electron chi connectivity index (χ1n) is 4.99. The van der Waals surface area contributed by atoms with Crippen molar-refractivity contribution in [2.75, 3.05) is 7.05 Å². The van der Waals surface area contributed by atoms with E-state index >= 15 is 0 Å². The summed E-state index contributed by atoms with van der Waals surface area (Å²) in [4.78, 5) is 7.36. The Labute approximate surface area is 87.9 Å². The normalized spacial score (nSPS) is 12.9. The average Bonchev–Trinajstić information content (AvgIpc) is 2.89. The molecular formula is C10H14N4O. The molecule has 0 aliphatic carbocycles. The molecule has 0 saturated carbocycles. The zero-order valence-electron chi connectivity index (χ0n) is 8.82. The fourth-order valence-electron chi connectivity index (χ4n) is 1.46. The number of aromatic amines is 1. The smallest absolute Gasteiger partial charge is 0.244 e. The molecule has 2 N–H and O–H groups in total. The fraction of sp³-hybridized carbons (Fsp3) is 0.400. The van der Waals surface area contributed by atoms with Crippen LogP contribution in [0.2, 0.25) is 0 Å². The maximum absolute atomic E-state index is 5.19. The molecule has 0 fully saturated rings. The lowest BCUT2D eigenvalue weighted by atomic mass is 10.2. The molecule has 2 heterocycles. The Hall–Kier alpha value is -1.62. The third-order valence-corrected chi connectivity index (χ3v) is 2.34. The second kappa shape index (κ2) is 4.27. The van der Waals surface area contributed by atoms with E-state index in [1.54, 1.807) is 0 Å². The van der Waals surface area contributed by atoms with E-state index in [1.165, 1.54) is 0 Å². The third-order valence-electron chi connectivity index (χ3n) is 2.34. The van der Waals surface area contributed by atoms with Crippen LogP contribution in [0.1, 0.15) is 25.3 Å². The predicted molar refractivity (Wildman–Crippen MR) is 56.2 cm³/mol. The van der Waals surface area contributed by atoms with E-state index in [4.69, 9.17) is 4.52 Å². The molecule has 5 heteroatoms. The number of rotatable bonds is 4. The van der Waals surface area contributed by atoms with Crippen molar-refractivity contribution >= 4 is 0 Å². The number of hydrogen-bond acceptors (Lipinski definition) is 4. The lowest BCUT2D eigenvalue weighted by Gasteiger charge is -2.06. The van der Waals surface area contributed by atoms with Crippen molar-refractivity contribution in [1.29, 1.82) is 0 Å². The molecule has 0 aliphatic heterocycles. The van der Waals surface area contributed by atoms with E-state index in [0.29, 0.717) is 11.7 Å². The molecule has 5 nitrogen and oxygen atoms in total. The van der Waals surface area contributed by atoms with Gasteiger partial charge in [0.05, 0.1) is 11.7 Å². The van der Waals surface area contributed by atoms with E-state index in [9.17, 15) is 0 Å². The number of nitrogens with zero attached hydrogens (tertiary/aromatic N) is 2. The Morgan fingerprint density at radius 3 is 3.07 bits per heavy atom. The van der Waals surface area contributed by atoms with Crippen molar-refractivity contribution in [1.82, 2.24) is 20.4 Å². The number of aromatic nitrogens is 3. The summed E-state index contributed by atoms with van der Waals surface area (Å²) in [6, 6.07) is 3.94. The molecule has 1 atom stereocenters. The molecule has 0 amide bonds. The lowest BCUT2D eigenvalue weighted by molar-refractivity contribution is 0.334. The van der Waals surface area contributed by atoms with Crippen LogP contribution >= 0.6 is 0 Å². The first-order chi connectivity index (χ1) is 7.35. The molecule has 0 saturated heterocycles. The minimum Gasteiger partial charge on any atom is -0.359 e. The van der Waals surface area contributed by atoms with Gasteiger partial charge >= 0.3 is 0 Å². The number of nitrogens with one attached hydrogen (secondary N) is 2. The van der Waals surface area contributed by atoms with Crippen LogP contribution < -0.4 is 5.32 Å². The summed E-state index contributed by atoms with van der Waals surface area (Å²) in [7, 11) is 1.88. The van der Waals surface area contributed by atoms with Gasteiger partial charge < -0.3 is 14.8 Å². The van der Waals surface area contributed by atoms with Crippen molar-refractivity contribution in [3.05, 3.63) is 24.2 Å². The minimum atomic E-state index is 0.126. The summed E-state index contributed by atoms with van der Waals surface area (Å²) in [5, 5.41) is 7.04. The van der Waals surface area contributed by atoms with Crippen LogP contribution in [0.5, 0.6) is 0 Å². The Kier molecular flexibility index (Phi) is 2.82. The van der Waals surface area contributed by atoms with Crippen LogP contribution in [0.3, 0.4) is 0 Å². The molecule has 0 spiro atoms. The van der Waals surface area contributed by atoms with Gasteiger partial charge in [-0.05, 0) is 25.6 Å². The highest BCUT2D eigenvalue weighted by Crippen LogP contribution is 2.18. The van der Waals surface area contributed by atoms with E-state index in [0.717, 1.165) is 12.1 Å². The molecule has 2 aromatic heterocycles. The van der Waals surface area contributed by atoms with E-state index < -0.39 is 0 Å². The standard InChI is InChI=1S/C10H14N4O/c1-3-7(11-2)10-13-9(14-15-10)8-5-4-6-12-8/h4-7,11-12H,3H2,1-2H3. The van der Waals surface area contributed by atoms with Gasteiger partial charge in [0.2, 0.25) is 11.7 Å². The second-order valence-corrected chi connectivity index (χ2v) is 3.29. The van der Waals surface area contributed by atoms with E-state index in [-0.39, 0.29) is 6.04 Å². The summed E-state index contributed by atoms with van der Waals surface area (Å²) in [5.74, 6) is 1.23. The molecule has 15 heavy (non-hydrogen) atoms. The van der Waals surface area contributed by atoms with Gasteiger partial charge in [0, 0.05) is 6.20 Å². The van der Waals surface area contributed by atoms with Gasteiger partial charge in [-0.15, -0.1) is 0 Å². The predicted octanol–water partition coefficient (Wildman–Crippen LogP) is 1.74. The largest absolute Gasteiger partial charge is 0.359 e. The van der Waals surface area contributed by atoms with Gasteiger partial charge in [0.25, 0.3) is 0 Å². The Morgan fingerprint density at radius 2 is 2.47 bits per heavy atom. The molecule has 0 aromatic carbocycles. The van der Waals surface area contributed by atoms with Gasteiger partial charge in [0.1, 0.15) is 0 Å². The van der Waals surface area contributed by atoms with Crippen LogP contribution in [-0.2, 0) is 0 Å². The van der Waals surface area contributed by atoms with Crippen LogP contribution in [0, 0.1) is 0 Å². The summed E-state index contributed by atoms with van der Waals surface area (Å²) >= 11 is 0. The van der Waals surface area contributed by atoms with Crippen molar-refractivity contribution in [2.45, 2.75) is 19.4 Å². The van der Waals surface area contributed by atoms with Gasteiger partial charge in [-0.2, -0.15) is 4.98 Å². The van der Waals surface area contributed by atoms with Gasteiger partial charge in [0.15, 0.2) is 0 Å². The maximum atomic E-state index is 5.19. The quantitative estimate of drug-likeness (QED) is 0.799. The van der Waals surface area contributed by atoms with E-state index in [1.807, 2.05) is 25.4 Å². The third kappa shape index (κ3) is 1.92. The summed E-state index contributed by atoms with van der Waals surface area (Å²) in [6.07, 6.45) is 2.75. The topological polar surface area (TPSA) is 66.7 Å². The van der Waals surface area contributed by atoms with Crippen LogP contribution in [0.25, 0.3) is 11.5 Å². The Balaban J connectivity index is 2.24. The SMILES string of the molecule is CCC(NC)c1nc(-c2ccc[nH]2)no1. The van der Waals surface area contributed by atoms with Crippen molar-refractivity contribution in [3.63, 3.8) is 0 Å². The van der Waals surface area contributed by atoms with E-state index in [2.05, 4.69) is 27.4 Å². The lowest BCUT2D eigenvalue weighted by Crippen LogP contribution is -2.15. The monoisotopic (exact) mass is 206 g/mol. The first-order valence-corrected chi connectivity index (χ1v) is 4.99. The van der Waals surface area contributed by atoms with Crippen LogP contribution in [0.4, 0.5) is 0 Å². The van der Waals surface area contributed by atoms with Gasteiger partial charge in [-0.1, -0.05) is 12.1 Å². The Bertz CT molecular complexity index is 403. The number of H-pyrrole nitrogens is 1. The molecule has 2 aromatic rings. The highest BCUT2D eigenvalue weighted by Gasteiger charge is 2.15. The highest BCUT2D eigenvalue weighted by molar-refractivity contribution is 5.47. The zero-order valence-corrected chi connectivity index (χ0v) is 8.82. The minimum absolute atomic E-state index is 0.126. The molecule has 0 bridgehead atoms. The molecule has 2 rings (SSSR count). The highest BCUT2D eigenvalue weighted by atomic mass is 16.5. The van der Waals surface area contributed by atoms with Crippen molar-refractivity contribution in [2.24, 2.45) is 0 Å². The zero-order chi connectivity index (χ0) is 10.7. The summed E-state index contributed by atoms with van der Waals surface area (Å²) in [6.45, 7) is 2.07. The van der Waals surface area contributed by atoms with Crippen molar-refractivity contribution in [3.8, 4) is 11.5 Å². The summed E-state index contributed by atoms with van der Waals surface area (Å²) in [5.41, 5.74) is 0.871. The first kappa shape index (κ1) is 9.92. The van der Waals surface area contributed by atoms with Gasteiger partial charge in [-0.25, -0.2) is 0 Å². The molecule has 0 aliphatic rings. The summed E-state index contributed by atoms with van der Waals surface area (Å²) < 4.78 is 5.19. The maximum Gasteiger partial charge on any atom is 0.244 e. The Morgan fingerprint density at radius 1 is 1.60 bits per heavy atom.